The lowest BCUT2D eigenvalue weighted by Gasteiger charge is -2.13. The molecule has 0 aliphatic rings. The van der Waals surface area contributed by atoms with Crippen LogP contribution in [0.5, 0.6) is 17.2 Å². The fourth-order valence-corrected chi connectivity index (χ4v) is 2.22. The third-order valence-electron chi connectivity index (χ3n) is 3.31. The van der Waals surface area contributed by atoms with Crippen LogP contribution in [0.2, 0.25) is 0 Å². The molecule has 2 rings (SSSR count). The van der Waals surface area contributed by atoms with Gasteiger partial charge in [0.1, 0.15) is 22.8 Å². The highest BCUT2D eigenvalue weighted by Crippen LogP contribution is 2.29. The number of hydrogen-bond acceptors (Lipinski definition) is 4. The normalized spacial score (nSPS) is 10.0. The van der Waals surface area contributed by atoms with E-state index >= 15 is 0 Å². The van der Waals surface area contributed by atoms with Gasteiger partial charge in [0.25, 0.3) is 5.91 Å². The van der Waals surface area contributed by atoms with Gasteiger partial charge in [0, 0.05) is 5.69 Å². The Labute approximate surface area is 129 Å². The number of carbonyl (C=O) groups is 1. The smallest absolute Gasteiger partial charge is 0.263 e. The van der Waals surface area contributed by atoms with E-state index in [0.717, 1.165) is 11.3 Å². The van der Waals surface area contributed by atoms with Crippen LogP contribution in [0.4, 0.5) is 5.69 Å². The van der Waals surface area contributed by atoms with E-state index in [2.05, 4.69) is 5.32 Å². The minimum atomic E-state index is -0.293. The molecule has 0 aliphatic heterocycles. The van der Waals surface area contributed by atoms with Crippen LogP contribution in [-0.4, -0.2) is 27.2 Å². The molecule has 0 radical (unpaired) electrons. The van der Waals surface area contributed by atoms with Gasteiger partial charge in [-0.15, -0.1) is 0 Å². The highest BCUT2D eigenvalue weighted by molar-refractivity contribution is 6.08. The Morgan fingerprint density at radius 2 is 1.50 bits per heavy atom. The lowest BCUT2D eigenvalue weighted by atomic mass is 10.1. The molecule has 0 atom stereocenters. The van der Waals surface area contributed by atoms with E-state index in [1.165, 1.54) is 14.2 Å². The van der Waals surface area contributed by atoms with Crippen molar-refractivity contribution in [2.24, 2.45) is 0 Å². The summed E-state index contributed by atoms with van der Waals surface area (Å²) in [6.45, 7) is 1.91. The molecule has 0 spiro atoms. The summed E-state index contributed by atoms with van der Waals surface area (Å²) in [6.07, 6.45) is 0. The van der Waals surface area contributed by atoms with Gasteiger partial charge in [0.2, 0.25) is 0 Å². The number of ether oxygens (including phenoxy) is 3. The minimum absolute atomic E-state index is 0.293. The number of aryl methyl sites for hydroxylation is 1. The maximum absolute atomic E-state index is 12.5. The third kappa shape index (κ3) is 3.14. The SMILES string of the molecule is COc1ccc(NC(=O)c2c(OC)cccc2OC)cc1C. The van der Waals surface area contributed by atoms with E-state index in [1.54, 1.807) is 31.4 Å². The van der Waals surface area contributed by atoms with Gasteiger partial charge in [-0.05, 0) is 42.8 Å². The number of amides is 1. The number of rotatable bonds is 5. The fraction of sp³-hybridized carbons (Fsp3) is 0.235. The monoisotopic (exact) mass is 301 g/mol. The van der Waals surface area contributed by atoms with Crippen LogP contribution < -0.4 is 19.5 Å². The molecule has 0 aromatic heterocycles. The first kappa shape index (κ1) is 15.7. The van der Waals surface area contributed by atoms with Crippen LogP contribution in [0.25, 0.3) is 0 Å². The molecule has 2 aromatic carbocycles. The van der Waals surface area contributed by atoms with Crippen molar-refractivity contribution in [1.82, 2.24) is 0 Å². The summed E-state index contributed by atoms with van der Waals surface area (Å²) in [5.74, 6) is 1.40. The van der Waals surface area contributed by atoms with Gasteiger partial charge in [-0.25, -0.2) is 0 Å². The van der Waals surface area contributed by atoms with Gasteiger partial charge in [0.15, 0.2) is 0 Å². The summed E-state index contributed by atoms with van der Waals surface area (Å²) in [5, 5.41) is 2.85. The molecular formula is C17H19NO4. The Kier molecular flexibility index (Phi) is 4.88. The Morgan fingerprint density at radius 3 is 2.00 bits per heavy atom. The topological polar surface area (TPSA) is 56.8 Å². The number of anilines is 1. The van der Waals surface area contributed by atoms with Crippen LogP contribution in [0.1, 0.15) is 15.9 Å². The van der Waals surface area contributed by atoms with Gasteiger partial charge >= 0.3 is 0 Å². The highest BCUT2D eigenvalue weighted by atomic mass is 16.5. The molecule has 0 aliphatic carbocycles. The van der Waals surface area contributed by atoms with Gasteiger partial charge < -0.3 is 19.5 Å². The highest BCUT2D eigenvalue weighted by Gasteiger charge is 2.18. The molecule has 22 heavy (non-hydrogen) atoms. The van der Waals surface area contributed by atoms with Crippen LogP contribution in [0.15, 0.2) is 36.4 Å². The zero-order valence-corrected chi connectivity index (χ0v) is 13.1. The van der Waals surface area contributed by atoms with Crippen molar-refractivity contribution in [1.29, 1.82) is 0 Å². The molecule has 5 nitrogen and oxygen atoms in total. The van der Waals surface area contributed by atoms with Crippen molar-refractivity contribution in [3.8, 4) is 17.2 Å². The maximum Gasteiger partial charge on any atom is 0.263 e. The van der Waals surface area contributed by atoms with Gasteiger partial charge in [-0.1, -0.05) is 6.07 Å². The van der Waals surface area contributed by atoms with E-state index in [9.17, 15) is 4.79 Å². The first-order valence-electron chi connectivity index (χ1n) is 6.77. The second-order valence-electron chi connectivity index (χ2n) is 4.68. The molecule has 1 N–H and O–H groups in total. The first-order valence-corrected chi connectivity index (χ1v) is 6.77. The molecule has 0 saturated carbocycles. The Morgan fingerprint density at radius 1 is 0.909 bits per heavy atom. The van der Waals surface area contributed by atoms with Crippen LogP contribution in [-0.2, 0) is 0 Å². The van der Waals surface area contributed by atoms with E-state index in [4.69, 9.17) is 14.2 Å². The predicted molar refractivity (Wildman–Crippen MR) is 85.2 cm³/mol. The minimum Gasteiger partial charge on any atom is -0.496 e. The van der Waals surface area contributed by atoms with E-state index in [1.807, 2.05) is 19.1 Å². The fourth-order valence-electron chi connectivity index (χ4n) is 2.22. The Balaban J connectivity index is 2.31. The molecule has 0 bridgehead atoms. The summed E-state index contributed by atoms with van der Waals surface area (Å²) in [5.41, 5.74) is 1.98. The van der Waals surface area contributed by atoms with Crippen LogP contribution in [0, 0.1) is 6.92 Å². The van der Waals surface area contributed by atoms with Crippen molar-refractivity contribution in [2.75, 3.05) is 26.6 Å². The second-order valence-corrected chi connectivity index (χ2v) is 4.68. The standard InChI is InChI=1S/C17H19NO4/c1-11-10-12(8-9-13(11)20-2)18-17(19)16-14(21-3)6-5-7-15(16)22-4/h5-10H,1-4H3,(H,18,19). The zero-order chi connectivity index (χ0) is 16.1. The zero-order valence-electron chi connectivity index (χ0n) is 13.1. The summed E-state index contributed by atoms with van der Waals surface area (Å²) in [6, 6.07) is 10.6. The van der Waals surface area contributed by atoms with Crippen molar-refractivity contribution >= 4 is 11.6 Å². The largest absolute Gasteiger partial charge is 0.496 e. The van der Waals surface area contributed by atoms with Crippen LogP contribution >= 0.6 is 0 Å². The number of carbonyl (C=O) groups excluding carboxylic acids is 1. The molecule has 0 heterocycles. The van der Waals surface area contributed by atoms with E-state index in [-0.39, 0.29) is 5.91 Å². The number of hydrogen-bond donors (Lipinski definition) is 1. The summed E-state index contributed by atoms with van der Waals surface area (Å²) < 4.78 is 15.7. The molecule has 2 aromatic rings. The number of methoxy groups -OCH3 is 3. The van der Waals surface area contributed by atoms with Crippen molar-refractivity contribution < 1.29 is 19.0 Å². The lowest BCUT2D eigenvalue weighted by Crippen LogP contribution is -2.14. The quantitative estimate of drug-likeness (QED) is 0.921. The van der Waals surface area contributed by atoms with Crippen molar-refractivity contribution in [2.45, 2.75) is 6.92 Å². The summed E-state index contributed by atoms with van der Waals surface area (Å²) >= 11 is 0. The second kappa shape index (κ2) is 6.85. The van der Waals surface area contributed by atoms with Crippen LogP contribution in [0.3, 0.4) is 0 Å². The maximum atomic E-state index is 12.5. The molecular weight excluding hydrogens is 282 g/mol. The summed E-state index contributed by atoms with van der Waals surface area (Å²) in [4.78, 5) is 12.5. The van der Waals surface area contributed by atoms with E-state index < -0.39 is 0 Å². The van der Waals surface area contributed by atoms with Crippen molar-refractivity contribution in [3.63, 3.8) is 0 Å². The van der Waals surface area contributed by atoms with Crippen molar-refractivity contribution in [3.05, 3.63) is 47.5 Å². The first-order chi connectivity index (χ1) is 10.6. The lowest BCUT2D eigenvalue weighted by molar-refractivity contribution is 0.102. The number of benzene rings is 2. The molecule has 116 valence electrons. The average molecular weight is 301 g/mol. The molecule has 5 heteroatoms. The third-order valence-corrected chi connectivity index (χ3v) is 3.31. The van der Waals surface area contributed by atoms with Gasteiger partial charge in [-0.2, -0.15) is 0 Å². The summed E-state index contributed by atoms with van der Waals surface area (Å²) in [7, 11) is 4.65. The number of nitrogens with one attached hydrogen (secondary N) is 1. The van der Waals surface area contributed by atoms with Gasteiger partial charge in [-0.3, -0.25) is 4.79 Å². The Bertz CT molecular complexity index is 660. The molecule has 0 saturated heterocycles. The van der Waals surface area contributed by atoms with E-state index in [0.29, 0.717) is 22.7 Å². The van der Waals surface area contributed by atoms with Gasteiger partial charge in [0.05, 0.1) is 21.3 Å². The molecule has 0 fully saturated rings. The molecule has 0 unspecified atom stereocenters. The molecule has 1 amide bonds. The average Bonchev–Trinajstić information content (AvgIpc) is 2.54. The predicted octanol–water partition coefficient (Wildman–Crippen LogP) is 3.27. The Hall–Kier alpha value is -2.69.